The smallest absolute Gasteiger partial charge is 0.0995 e. The molecule has 1 aliphatic rings. The molecule has 1 aromatic carbocycles. The Hall–Kier alpha value is -1.77. The molecule has 3 heteroatoms. The first kappa shape index (κ1) is 12.3. The topological polar surface area (TPSA) is 29.9 Å². The zero-order valence-corrected chi connectivity index (χ0v) is 11.9. The second-order valence-electron chi connectivity index (χ2n) is 6.29. The third-order valence-electron chi connectivity index (χ3n) is 3.68. The molecule has 0 aliphatic carbocycles. The Morgan fingerprint density at radius 2 is 2.11 bits per heavy atom. The van der Waals surface area contributed by atoms with Crippen LogP contribution in [-0.2, 0) is 11.8 Å². The van der Waals surface area contributed by atoms with Gasteiger partial charge in [0.1, 0.15) is 0 Å². The first-order chi connectivity index (χ1) is 9.04. The predicted octanol–water partition coefficient (Wildman–Crippen LogP) is 3.53. The van der Waals surface area contributed by atoms with E-state index in [-0.39, 0.29) is 5.41 Å². The predicted molar refractivity (Wildman–Crippen MR) is 79.1 cm³/mol. The Balaban J connectivity index is 1.96. The van der Waals surface area contributed by atoms with Gasteiger partial charge in [0.2, 0.25) is 0 Å². The highest BCUT2D eigenvalue weighted by Gasteiger charge is 2.17. The third kappa shape index (κ3) is 2.37. The van der Waals surface area contributed by atoms with Crippen molar-refractivity contribution < 1.29 is 0 Å². The second-order valence-corrected chi connectivity index (χ2v) is 6.29. The number of aryl methyl sites for hydroxylation is 1. The molecular weight excluding hydrogens is 234 g/mol. The monoisotopic (exact) mass is 255 g/mol. The molecule has 1 N–H and O–H groups in total. The SMILES string of the molecule is CC(C)(C)c1cn(-c2ccc3c(c2)NCCC3)cn1. The normalized spacial score (nSPS) is 14.9. The van der Waals surface area contributed by atoms with Crippen molar-refractivity contribution in [3.05, 3.63) is 42.0 Å². The van der Waals surface area contributed by atoms with Crippen LogP contribution in [0.1, 0.15) is 38.4 Å². The molecule has 19 heavy (non-hydrogen) atoms. The summed E-state index contributed by atoms with van der Waals surface area (Å²) < 4.78 is 2.11. The average molecular weight is 255 g/mol. The lowest BCUT2D eigenvalue weighted by Gasteiger charge is -2.19. The third-order valence-corrected chi connectivity index (χ3v) is 3.68. The minimum absolute atomic E-state index is 0.0949. The molecule has 0 saturated heterocycles. The van der Waals surface area contributed by atoms with Gasteiger partial charge in [-0.2, -0.15) is 0 Å². The van der Waals surface area contributed by atoms with E-state index in [4.69, 9.17) is 0 Å². The van der Waals surface area contributed by atoms with Gasteiger partial charge in [0, 0.05) is 29.5 Å². The number of rotatable bonds is 1. The van der Waals surface area contributed by atoms with E-state index in [9.17, 15) is 0 Å². The van der Waals surface area contributed by atoms with Crippen molar-refractivity contribution in [1.29, 1.82) is 0 Å². The van der Waals surface area contributed by atoms with Crippen molar-refractivity contribution in [1.82, 2.24) is 9.55 Å². The molecule has 0 atom stereocenters. The van der Waals surface area contributed by atoms with Crippen molar-refractivity contribution in [2.75, 3.05) is 11.9 Å². The van der Waals surface area contributed by atoms with E-state index in [1.807, 2.05) is 6.33 Å². The van der Waals surface area contributed by atoms with E-state index in [1.54, 1.807) is 0 Å². The van der Waals surface area contributed by atoms with Gasteiger partial charge in [0.25, 0.3) is 0 Å². The summed E-state index contributed by atoms with van der Waals surface area (Å²) in [5.74, 6) is 0. The number of hydrogen-bond acceptors (Lipinski definition) is 2. The summed E-state index contributed by atoms with van der Waals surface area (Å²) in [5.41, 5.74) is 5.09. The largest absolute Gasteiger partial charge is 0.385 e. The maximum atomic E-state index is 4.52. The van der Waals surface area contributed by atoms with Crippen molar-refractivity contribution in [2.45, 2.75) is 39.0 Å². The molecule has 0 amide bonds. The van der Waals surface area contributed by atoms with Gasteiger partial charge in [-0.05, 0) is 30.5 Å². The summed E-state index contributed by atoms with van der Waals surface area (Å²) in [6.45, 7) is 7.64. The van der Waals surface area contributed by atoms with Crippen LogP contribution >= 0.6 is 0 Å². The van der Waals surface area contributed by atoms with Gasteiger partial charge in [-0.1, -0.05) is 26.8 Å². The van der Waals surface area contributed by atoms with Gasteiger partial charge in [-0.25, -0.2) is 4.98 Å². The van der Waals surface area contributed by atoms with E-state index in [1.165, 1.54) is 29.8 Å². The highest BCUT2D eigenvalue weighted by Crippen LogP contribution is 2.26. The van der Waals surface area contributed by atoms with Crippen LogP contribution in [0, 0.1) is 0 Å². The van der Waals surface area contributed by atoms with Gasteiger partial charge in [0.15, 0.2) is 0 Å². The lowest BCUT2D eigenvalue weighted by molar-refractivity contribution is 0.572. The number of anilines is 1. The van der Waals surface area contributed by atoms with Gasteiger partial charge < -0.3 is 9.88 Å². The standard InChI is InChI=1S/C16H21N3/c1-16(2,3)15-10-19(11-18-15)13-7-6-12-5-4-8-17-14(12)9-13/h6-7,9-11,17H,4-5,8H2,1-3H3. The number of nitrogens with one attached hydrogen (secondary N) is 1. The highest BCUT2D eigenvalue weighted by molar-refractivity contribution is 5.58. The molecule has 0 spiro atoms. The molecule has 2 aromatic rings. The average Bonchev–Trinajstić information content (AvgIpc) is 2.87. The zero-order valence-electron chi connectivity index (χ0n) is 11.9. The fraction of sp³-hybridized carbons (Fsp3) is 0.438. The molecule has 0 saturated carbocycles. The van der Waals surface area contributed by atoms with Crippen LogP contribution in [0.2, 0.25) is 0 Å². The lowest BCUT2D eigenvalue weighted by atomic mass is 9.93. The molecule has 100 valence electrons. The maximum absolute atomic E-state index is 4.52. The molecule has 3 nitrogen and oxygen atoms in total. The molecule has 0 bridgehead atoms. The van der Waals surface area contributed by atoms with Crippen LogP contribution in [0.25, 0.3) is 5.69 Å². The van der Waals surface area contributed by atoms with E-state index < -0.39 is 0 Å². The van der Waals surface area contributed by atoms with E-state index in [0.29, 0.717) is 0 Å². The summed E-state index contributed by atoms with van der Waals surface area (Å²) in [5, 5.41) is 3.48. The fourth-order valence-corrected chi connectivity index (χ4v) is 2.46. The van der Waals surface area contributed by atoms with Gasteiger partial charge in [0.05, 0.1) is 12.0 Å². The number of aromatic nitrogens is 2. The van der Waals surface area contributed by atoms with Crippen LogP contribution in [0.15, 0.2) is 30.7 Å². The highest BCUT2D eigenvalue weighted by atomic mass is 15.0. The maximum Gasteiger partial charge on any atom is 0.0995 e. The quantitative estimate of drug-likeness (QED) is 0.845. The van der Waals surface area contributed by atoms with Crippen LogP contribution in [0.5, 0.6) is 0 Å². The second kappa shape index (κ2) is 4.41. The number of nitrogens with zero attached hydrogens (tertiary/aromatic N) is 2. The van der Waals surface area contributed by atoms with Crippen LogP contribution in [0.3, 0.4) is 0 Å². The number of hydrogen-bond donors (Lipinski definition) is 1. The Morgan fingerprint density at radius 3 is 2.84 bits per heavy atom. The molecule has 0 fully saturated rings. The van der Waals surface area contributed by atoms with Crippen LogP contribution < -0.4 is 5.32 Å². The molecular formula is C16H21N3. The fourth-order valence-electron chi connectivity index (χ4n) is 2.46. The molecule has 1 aliphatic heterocycles. The Bertz CT molecular complexity index is 590. The van der Waals surface area contributed by atoms with Crippen molar-refractivity contribution in [2.24, 2.45) is 0 Å². The minimum Gasteiger partial charge on any atom is -0.385 e. The Labute approximate surface area is 114 Å². The number of imidazole rings is 1. The van der Waals surface area contributed by atoms with Gasteiger partial charge in [-0.15, -0.1) is 0 Å². The van der Waals surface area contributed by atoms with Crippen molar-refractivity contribution in [3.63, 3.8) is 0 Å². The summed E-state index contributed by atoms with van der Waals surface area (Å²) in [4.78, 5) is 4.52. The lowest BCUT2D eigenvalue weighted by Crippen LogP contribution is -2.12. The molecule has 0 unspecified atom stereocenters. The Kier molecular flexibility index (Phi) is 2.85. The zero-order chi connectivity index (χ0) is 13.5. The van der Waals surface area contributed by atoms with Gasteiger partial charge in [-0.3, -0.25) is 0 Å². The van der Waals surface area contributed by atoms with Crippen LogP contribution in [0.4, 0.5) is 5.69 Å². The summed E-state index contributed by atoms with van der Waals surface area (Å²) >= 11 is 0. The first-order valence-corrected chi connectivity index (χ1v) is 6.96. The summed E-state index contributed by atoms with van der Waals surface area (Å²) in [7, 11) is 0. The number of benzene rings is 1. The Morgan fingerprint density at radius 1 is 1.26 bits per heavy atom. The van der Waals surface area contributed by atoms with E-state index >= 15 is 0 Å². The van der Waals surface area contributed by atoms with Gasteiger partial charge >= 0.3 is 0 Å². The van der Waals surface area contributed by atoms with Crippen molar-refractivity contribution >= 4 is 5.69 Å². The van der Waals surface area contributed by atoms with Crippen molar-refractivity contribution in [3.8, 4) is 5.69 Å². The summed E-state index contributed by atoms with van der Waals surface area (Å²) in [6, 6.07) is 6.64. The molecule has 0 radical (unpaired) electrons. The van der Waals surface area contributed by atoms with E-state index in [2.05, 4.69) is 60.0 Å². The molecule has 1 aromatic heterocycles. The van der Waals surface area contributed by atoms with Crippen LogP contribution in [-0.4, -0.2) is 16.1 Å². The first-order valence-electron chi connectivity index (χ1n) is 6.96. The number of fused-ring (bicyclic) bond motifs is 1. The molecule has 2 heterocycles. The van der Waals surface area contributed by atoms with E-state index in [0.717, 1.165) is 12.2 Å². The summed E-state index contributed by atoms with van der Waals surface area (Å²) in [6.07, 6.45) is 6.45. The minimum atomic E-state index is 0.0949. The molecule has 3 rings (SSSR count).